The normalized spacial score (nSPS) is 27.6. The molecule has 2 aromatic carbocycles. The van der Waals surface area contributed by atoms with Crippen LogP contribution in [0.2, 0.25) is 0 Å². The molecular weight excluding hydrogens is 1270 g/mol. The lowest BCUT2D eigenvalue weighted by molar-refractivity contribution is -0.162. The van der Waals surface area contributed by atoms with Crippen LogP contribution in [0, 0.1) is 18.8 Å². The number of nitrogens with one attached hydrogen (secondary N) is 2. The van der Waals surface area contributed by atoms with Crippen LogP contribution in [0.4, 0.5) is 9.59 Å². The highest BCUT2D eigenvalue weighted by atomic mass is 32.2. The van der Waals surface area contributed by atoms with Crippen molar-refractivity contribution in [2.75, 3.05) is 80.0 Å². The number of alkyl carbamates (subject to hydrolysis) is 1. The first-order valence-corrected chi connectivity index (χ1v) is 34.1. The van der Waals surface area contributed by atoms with Crippen LogP contribution < -0.4 is 15.4 Å². The van der Waals surface area contributed by atoms with Gasteiger partial charge in [-0.1, -0.05) is 80.6 Å². The molecule has 5 aliphatic rings. The fraction of sp³-hybridized carbons (Fsp3) is 0.588. The van der Waals surface area contributed by atoms with E-state index in [1.54, 1.807) is 84.4 Å². The molecule has 0 saturated carbocycles. The number of amides is 6. The number of hydrogen-bond acceptors (Lipinski definition) is 22. The Morgan fingerprint density at radius 1 is 0.958 bits per heavy atom. The molecule has 6 amide bonds. The Balaban J connectivity index is 0.935. The van der Waals surface area contributed by atoms with Crippen LogP contribution in [-0.4, -0.2) is 212 Å². The van der Waals surface area contributed by atoms with E-state index < -0.39 is 113 Å². The molecule has 4 bridgehead atoms. The summed E-state index contributed by atoms with van der Waals surface area (Å²) >= 11 is 2.21. The maximum Gasteiger partial charge on any atom is 0.409 e. The van der Waals surface area contributed by atoms with Crippen LogP contribution in [0.15, 0.2) is 66.3 Å². The zero-order chi connectivity index (χ0) is 69.6. The summed E-state index contributed by atoms with van der Waals surface area (Å²) < 4.78 is 51.8. The molecule has 4 aliphatic heterocycles. The summed E-state index contributed by atoms with van der Waals surface area (Å²) in [5, 5.41) is 16.5. The molecule has 8 unspecified atom stereocenters. The summed E-state index contributed by atoms with van der Waals surface area (Å²) in [6, 6.07) is 7.38. The summed E-state index contributed by atoms with van der Waals surface area (Å²) in [7, 11) is 5.92. The number of likely N-dealkylation sites (N-methyl/N-ethyl adjacent to an activating group) is 1. The van der Waals surface area contributed by atoms with Crippen molar-refractivity contribution in [2.24, 2.45) is 11.8 Å². The molecule has 0 radical (unpaired) electrons. The second-order valence-corrected chi connectivity index (χ2v) is 27.2. The number of aliphatic hydroxyl groups is 1. The summed E-state index contributed by atoms with van der Waals surface area (Å²) in [4.78, 5) is 139. The van der Waals surface area contributed by atoms with Gasteiger partial charge >= 0.3 is 24.1 Å². The number of benzene rings is 2. The second kappa shape index (κ2) is 33.7. The van der Waals surface area contributed by atoms with Crippen molar-refractivity contribution in [3.63, 3.8) is 0 Å². The van der Waals surface area contributed by atoms with E-state index in [1.807, 2.05) is 32.1 Å². The predicted octanol–water partition coefficient (Wildman–Crippen LogP) is 6.62. The molecule has 7 rings (SSSR count). The topological polar surface area (TPSA) is 311 Å². The standard InChI is InChI=1S/C68H91N5O20S2/c1-38-16-14-18-55(86-12)68(84)34-53(91-65(82)70-68)43(6)59-67(8,93-59)56(32-51(74)40(3)49-30-46(28-38)31-52(85-11)41(49)4)92-63(80)44(7)72(10)57(75)22-27-95-64(81)39(2)21-24-71(9)66(83)89-35-45-19-20-48(42(5)62(79)90-47-17-15-26-87-37-88-36-47)50(29-45)60(77)69-23-25-73-58(76)33-54(94-13)61(73)78/h14-20,29-31,39-40,42-44,47,53-56,59,84H,21-28,32-37H2,1-13H3,(H,69,77)(H,70,82)/b17-15+,18-14+,38-16+/t39?,40?,42?,43-,44+,47?,53?,54?,55?,56+,59+,67+,68?/m1/s1. The van der Waals surface area contributed by atoms with Crippen LogP contribution in [0.25, 0.3) is 0 Å². The first-order chi connectivity index (χ1) is 45.0. The third-order valence-electron chi connectivity index (χ3n) is 18.3. The van der Waals surface area contributed by atoms with Crippen molar-refractivity contribution in [2.45, 2.75) is 165 Å². The molecule has 0 aromatic heterocycles. The lowest BCUT2D eigenvalue weighted by atomic mass is 9.82. The van der Waals surface area contributed by atoms with Crippen molar-refractivity contribution in [1.29, 1.82) is 0 Å². The SMILES string of the molecule is COc1cc2cc(c1C)C(C)C(=O)C[C@H](OC(=O)[C@H](C)N(C)C(=O)CCSC(=O)C(C)CCN(C)C(=O)OCc1ccc(C(C)C(=O)OC3/C=C/COCOC3)c(C(=O)NCCN3C(=O)CC(SC)C3=O)c1)[C@]1(C)O[C@H]1[C@H](C)C1CC(O)(NC(=O)O1)C(OC)/C=C/C=C(\C)C2. The number of Topliss-reactive ketones (excluding diaryl/α,β-unsaturated/α-hetero) is 1. The molecule has 95 heavy (non-hydrogen) atoms. The van der Waals surface area contributed by atoms with Gasteiger partial charge in [-0.3, -0.25) is 43.8 Å². The minimum atomic E-state index is -1.89. The molecule has 3 fully saturated rings. The van der Waals surface area contributed by atoms with E-state index in [0.29, 0.717) is 23.3 Å². The van der Waals surface area contributed by atoms with E-state index in [1.165, 1.54) is 55.8 Å². The average Bonchev–Trinajstić information content (AvgIpc) is 1.58. The van der Waals surface area contributed by atoms with Gasteiger partial charge in [-0.2, -0.15) is 11.8 Å². The van der Waals surface area contributed by atoms with Gasteiger partial charge in [0.2, 0.25) is 17.7 Å². The van der Waals surface area contributed by atoms with E-state index >= 15 is 0 Å². The van der Waals surface area contributed by atoms with Gasteiger partial charge in [0.05, 0.1) is 37.6 Å². The number of carbonyl (C=O) groups is 10. The number of ketones is 1. The zero-order valence-corrected chi connectivity index (χ0v) is 58.0. The lowest BCUT2D eigenvalue weighted by Crippen LogP contribution is -2.63. The number of allylic oxidation sites excluding steroid dienone is 3. The molecule has 25 nitrogen and oxygen atoms in total. The number of rotatable bonds is 22. The van der Waals surface area contributed by atoms with Crippen LogP contribution >= 0.6 is 23.5 Å². The summed E-state index contributed by atoms with van der Waals surface area (Å²) in [6.45, 7) is 13.9. The average molecular weight is 1360 g/mol. The van der Waals surface area contributed by atoms with Crippen molar-refractivity contribution in [3.8, 4) is 5.75 Å². The predicted molar refractivity (Wildman–Crippen MR) is 351 cm³/mol. The molecule has 3 saturated heterocycles. The number of thioether (sulfide) groups is 2. The van der Waals surface area contributed by atoms with Crippen LogP contribution in [0.3, 0.4) is 0 Å². The Morgan fingerprint density at radius 2 is 1.71 bits per heavy atom. The van der Waals surface area contributed by atoms with Gasteiger partial charge in [-0.05, 0) is 99.7 Å². The first-order valence-electron chi connectivity index (χ1n) is 31.8. The Hall–Kier alpha value is -7.14. The van der Waals surface area contributed by atoms with Gasteiger partial charge in [0, 0.05) is 95.6 Å². The highest BCUT2D eigenvalue weighted by Crippen LogP contribution is 2.49. The maximum absolute atomic E-state index is 14.6. The van der Waals surface area contributed by atoms with Crippen molar-refractivity contribution >= 4 is 82.2 Å². The number of esters is 2. The maximum atomic E-state index is 14.6. The van der Waals surface area contributed by atoms with E-state index in [9.17, 15) is 53.1 Å². The summed E-state index contributed by atoms with van der Waals surface area (Å²) in [5.41, 5.74) is 0.924. The van der Waals surface area contributed by atoms with Crippen LogP contribution in [0.1, 0.15) is 131 Å². The molecule has 520 valence electrons. The molecule has 1 aliphatic carbocycles. The molecule has 0 spiro atoms. The summed E-state index contributed by atoms with van der Waals surface area (Å²) in [6.07, 6.45) is 4.55. The van der Waals surface area contributed by atoms with E-state index in [0.717, 1.165) is 38.9 Å². The van der Waals surface area contributed by atoms with Gasteiger partial charge in [-0.25, -0.2) is 14.4 Å². The number of likely N-dealkylation sites (tertiary alicyclic amines) is 1. The van der Waals surface area contributed by atoms with Crippen molar-refractivity contribution < 1.29 is 95.7 Å². The zero-order valence-electron chi connectivity index (χ0n) is 56.4. The highest BCUT2D eigenvalue weighted by molar-refractivity contribution is 8.13. The molecular formula is C68H91N5O20S2. The number of epoxide rings is 1. The Morgan fingerprint density at radius 3 is 2.41 bits per heavy atom. The lowest BCUT2D eigenvalue weighted by Gasteiger charge is -2.42. The van der Waals surface area contributed by atoms with Crippen LogP contribution in [0.5, 0.6) is 5.75 Å². The molecule has 13 atom stereocenters. The quantitative estimate of drug-likeness (QED) is 0.0367. The van der Waals surface area contributed by atoms with Gasteiger partial charge in [0.15, 0.2) is 10.8 Å². The molecule has 3 N–H and O–H groups in total. The van der Waals surface area contributed by atoms with E-state index in [-0.39, 0.29) is 112 Å². The Labute approximate surface area is 563 Å². The minimum Gasteiger partial charge on any atom is -0.496 e. The smallest absolute Gasteiger partial charge is 0.409 e. The fourth-order valence-electron chi connectivity index (χ4n) is 11.9. The number of hydrogen-bond donors (Lipinski definition) is 3. The van der Waals surface area contributed by atoms with Crippen LogP contribution in [-0.2, 0) is 84.5 Å². The first kappa shape index (κ1) is 75.2. The number of methoxy groups -OCH3 is 2. The number of imide groups is 1. The Bertz CT molecular complexity index is 3290. The molecule has 27 heteroatoms. The largest absolute Gasteiger partial charge is 0.496 e. The number of fused-ring (bicyclic) bond motifs is 5. The van der Waals surface area contributed by atoms with Crippen molar-refractivity contribution in [3.05, 3.63) is 99.7 Å². The van der Waals surface area contributed by atoms with Crippen molar-refractivity contribution in [1.82, 2.24) is 25.3 Å². The minimum absolute atomic E-state index is 0.0250. The third-order valence-corrected chi connectivity index (χ3v) is 20.3. The van der Waals surface area contributed by atoms with E-state index in [4.69, 9.17) is 42.6 Å². The molecule has 2 aromatic rings. The fourth-order valence-corrected chi connectivity index (χ4v) is 13.4. The monoisotopic (exact) mass is 1360 g/mol. The van der Waals surface area contributed by atoms with Gasteiger partial charge in [-0.15, -0.1) is 0 Å². The van der Waals surface area contributed by atoms with Gasteiger partial charge in [0.25, 0.3) is 5.91 Å². The number of nitrogens with zero attached hydrogens (tertiary/aromatic N) is 3. The number of ether oxygens (including phenoxy) is 9. The van der Waals surface area contributed by atoms with E-state index in [2.05, 4.69) is 10.6 Å². The highest BCUT2D eigenvalue weighted by Gasteiger charge is 2.64. The number of carbonyl (C=O) groups excluding carboxylic acids is 10. The summed E-state index contributed by atoms with van der Waals surface area (Å²) in [5.74, 6) is -5.59. The second-order valence-electron chi connectivity index (χ2n) is 25.1. The van der Waals surface area contributed by atoms with Gasteiger partial charge in [0.1, 0.15) is 61.0 Å². The Kier molecular flexibility index (Phi) is 26.7. The van der Waals surface area contributed by atoms with Gasteiger partial charge < -0.3 is 62.9 Å². The molecule has 4 heterocycles. The third kappa shape index (κ3) is 19.1.